The quantitative estimate of drug-likeness (QED) is 0.261. The fourth-order valence-corrected chi connectivity index (χ4v) is 5.63. The number of hydrogen-bond acceptors (Lipinski definition) is 4. The van der Waals surface area contributed by atoms with E-state index in [0.717, 1.165) is 44.1 Å². The number of ketones is 2. The van der Waals surface area contributed by atoms with Gasteiger partial charge in [-0.2, -0.15) is 0 Å². The summed E-state index contributed by atoms with van der Waals surface area (Å²) in [5.74, 6) is -0.325. The maximum absolute atomic E-state index is 13.6. The average Bonchev–Trinajstić information content (AvgIpc) is 3.20. The molecule has 0 atom stereocenters. The minimum Gasteiger partial charge on any atom is -0.289 e. The van der Waals surface area contributed by atoms with E-state index >= 15 is 0 Å². The molecule has 4 nitrogen and oxygen atoms in total. The van der Waals surface area contributed by atoms with Gasteiger partial charge in [0.2, 0.25) is 0 Å². The molecule has 0 unspecified atom stereocenters. The Morgan fingerprint density at radius 2 is 1.26 bits per heavy atom. The van der Waals surface area contributed by atoms with E-state index < -0.39 is 0 Å². The first-order chi connectivity index (χ1) is 16.7. The SMILES string of the molecule is O=C1c2ccccc2C(=O)c2c1ccc1nc3c(nc21)-c1c2ccccc2cc2cccc-3c12. The van der Waals surface area contributed by atoms with E-state index in [2.05, 4.69) is 30.3 Å². The van der Waals surface area contributed by atoms with Crippen molar-refractivity contribution >= 4 is 44.1 Å². The van der Waals surface area contributed by atoms with Crippen LogP contribution in [-0.4, -0.2) is 21.5 Å². The summed E-state index contributed by atoms with van der Waals surface area (Å²) in [7, 11) is 0. The van der Waals surface area contributed by atoms with E-state index in [0.29, 0.717) is 33.3 Å². The van der Waals surface area contributed by atoms with Gasteiger partial charge in [-0.15, -0.1) is 0 Å². The second-order valence-electron chi connectivity index (χ2n) is 8.86. The van der Waals surface area contributed by atoms with Gasteiger partial charge in [0.1, 0.15) is 5.52 Å². The number of rotatable bonds is 0. The lowest BCUT2D eigenvalue weighted by Crippen LogP contribution is -2.21. The van der Waals surface area contributed by atoms with Crippen LogP contribution in [0.3, 0.4) is 0 Å². The van der Waals surface area contributed by atoms with Crippen molar-refractivity contribution in [2.24, 2.45) is 0 Å². The highest BCUT2D eigenvalue weighted by Crippen LogP contribution is 2.49. The molecule has 1 aromatic heterocycles. The van der Waals surface area contributed by atoms with Gasteiger partial charge in [-0.25, -0.2) is 9.97 Å². The van der Waals surface area contributed by atoms with E-state index in [9.17, 15) is 9.59 Å². The molecule has 8 rings (SSSR count). The molecule has 0 radical (unpaired) electrons. The lowest BCUT2D eigenvalue weighted by atomic mass is 9.83. The summed E-state index contributed by atoms with van der Waals surface area (Å²) >= 11 is 0. The van der Waals surface area contributed by atoms with Crippen molar-refractivity contribution < 1.29 is 9.59 Å². The third-order valence-corrected chi connectivity index (χ3v) is 7.10. The molecule has 0 aliphatic heterocycles. The number of carbonyl (C=O) groups is 2. The van der Waals surface area contributed by atoms with Gasteiger partial charge in [-0.3, -0.25) is 9.59 Å². The Hall–Kier alpha value is -4.70. The molecule has 156 valence electrons. The second-order valence-corrected chi connectivity index (χ2v) is 8.86. The van der Waals surface area contributed by atoms with Crippen molar-refractivity contribution in [3.8, 4) is 22.5 Å². The number of fused-ring (bicyclic) bond motifs is 9. The smallest absolute Gasteiger partial charge is 0.196 e. The van der Waals surface area contributed by atoms with Gasteiger partial charge in [0, 0.05) is 33.2 Å². The van der Waals surface area contributed by atoms with Crippen LogP contribution in [0, 0.1) is 0 Å². The maximum atomic E-state index is 13.6. The molecule has 2 aliphatic rings. The monoisotopic (exact) mass is 434 g/mol. The van der Waals surface area contributed by atoms with Gasteiger partial charge in [0.15, 0.2) is 11.6 Å². The Balaban J connectivity index is 1.52. The van der Waals surface area contributed by atoms with E-state index in [1.807, 2.05) is 24.3 Å². The summed E-state index contributed by atoms with van der Waals surface area (Å²) in [5, 5.41) is 4.50. The molecule has 0 N–H and O–H groups in total. The van der Waals surface area contributed by atoms with Gasteiger partial charge in [0.05, 0.1) is 22.5 Å². The minimum atomic E-state index is -0.177. The molecule has 4 heteroatoms. The predicted molar refractivity (Wildman–Crippen MR) is 132 cm³/mol. The lowest BCUT2D eigenvalue weighted by Gasteiger charge is -2.18. The Kier molecular flexibility index (Phi) is 3.14. The Labute approximate surface area is 193 Å². The van der Waals surface area contributed by atoms with Gasteiger partial charge >= 0.3 is 0 Å². The summed E-state index contributed by atoms with van der Waals surface area (Å²) in [6.07, 6.45) is 0. The molecule has 0 saturated heterocycles. The van der Waals surface area contributed by atoms with Gasteiger partial charge < -0.3 is 0 Å². The molecular weight excluding hydrogens is 420 g/mol. The maximum Gasteiger partial charge on any atom is 0.196 e. The zero-order valence-corrected chi connectivity index (χ0v) is 17.8. The highest BCUT2D eigenvalue weighted by atomic mass is 16.1. The van der Waals surface area contributed by atoms with Crippen molar-refractivity contribution in [2.75, 3.05) is 0 Å². The van der Waals surface area contributed by atoms with Crippen LogP contribution in [0.4, 0.5) is 0 Å². The molecular formula is C30H14N2O2. The van der Waals surface area contributed by atoms with Gasteiger partial charge in [0.25, 0.3) is 0 Å². The molecule has 2 aliphatic carbocycles. The van der Waals surface area contributed by atoms with Crippen LogP contribution in [0.2, 0.25) is 0 Å². The van der Waals surface area contributed by atoms with Crippen molar-refractivity contribution in [1.82, 2.24) is 9.97 Å². The van der Waals surface area contributed by atoms with Crippen molar-refractivity contribution in [3.05, 3.63) is 107 Å². The van der Waals surface area contributed by atoms with Crippen LogP contribution in [0.25, 0.3) is 55.1 Å². The number of carbonyl (C=O) groups excluding carboxylic acids is 2. The predicted octanol–water partition coefficient (Wildman–Crippen LogP) is 6.36. The van der Waals surface area contributed by atoms with Crippen LogP contribution >= 0.6 is 0 Å². The first kappa shape index (κ1) is 17.8. The van der Waals surface area contributed by atoms with E-state index in [-0.39, 0.29) is 11.6 Å². The van der Waals surface area contributed by atoms with E-state index in [1.54, 1.807) is 30.3 Å². The lowest BCUT2D eigenvalue weighted by molar-refractivity contribution is 0.0980. The summed E-state index contributed by atoms with van der Waals surface area (Å²) in [4.78, 5) is 36.9. The second kappa shape index (κ2) is 6.00. The van der Waals surface area contributed by atoms with Crippen LogP contribution in [0.5, 0.6) is 0 Å². The molecule has 1 heterocycles. The molecule has 0 amide bonds. The standard InChI is InChI=1S/C30H14N2O2/c33-29-18-9-3-4-10-19(18)30(34)25-21(29)12-13-22-27(25)32-28-24-17-8-2-1-6-15(17)14-16-7-5-11-20(23(16)24)26(28)31-22/h1-14H. The number of aromatic nitrogens is 2. The zero-order valence-electron chi connectivity index (χ0n) is 17.8. The summed E-state index contributed by atoms with van der Waals surface area (Å²) in [6, 6.07) is 27.2. The minimum absolute atomic E-state index is 0.148. The Bertz CT molecular complexity index is 1950. The normalized spacial score (nSPS) is 13.4. The molecule has 6 aromatic rings. The molecule has 0 fully saturated rings. The largest absolute Gasteiger partial charge is 0.289 e. The van der Waals surface area contributed by atoms with Crippen LogP contribution in [-0.2, 0) is 0 Å². The van der Waals surface area contributed by atoms with Crippen LogP contribution in [0.15, 0.2) is 84.9 Å². The first-order valence-electron chi connectivity index (χ1n) is 11.2. The van der Waals surface area contributed by atoms with Crippen molar-refractivity contribution in [3.63, 3.8) is 0 Å². The van der Waals surface area contributed by atoms with Crippen molar-refractivity contribution in [1.29, 1.82) is 0 Å². The number of nitrogens with zero attached hydrogens (tertiary/aromatic N) is 2. The summed E-state index contributed by atoms with van der Waals surface area (Å²) in [5.41, 5.74) is 6.39. The summed E-state index contributed by atoms with van der Waals surface area (Å²) < 4.78 is 0. The zero-order chi connectivity index (χ0) is 22.6. The van der Waals surface area contributed by atoms with Crippen LogP contribution in [0.1, 0.15) is 31.8 Å². The molecule has 0 spiro atoms. The Morgan fingerprint density at radius 3 is 2.15 bits per heavy atom. The highest BCUT2D eigenvalue weighted by Gasteiger charge is 2.33. The third kappa shape index (κ3) is 2.04. The third-order valence-electron chi connectivity index (χ3n) is 7.10. The first-order valence-corrected chi connectivity index (χ1v) is 11.2. The van der Waals surface area contributed by atoms with Gasteiger partial charge in [-0.05, 0) is 34.4 Å². The molecule has 5 aromatic carbocycles. The summed E-state index contributed by atoms with van der Waals surface area (Å²) in [6.45, 7) is 0. The van der Waals surface area contributed by atoms with Crippen molar-refractivity contribution in [2.45, 2.75) is 0 Å². The fraction of sp³-hybridized carbons (Fsp3) is 0. The van der Waals surface area contributed by atoms with E-state index in [4.69, 9.17) is 9.97 Å². The van der Waals surface area contributed by atoms with Crippen LogP contribution < -0.4 is 0 Å². The van der Waals surface area contributed by atoms with Gasteiger partial charge in [-0.1, -0.05) is 66.7 Å². The topological polar surface area (TPSA) is 59.9 Å². The average molecular weight is 434 g/mol. The number of hydrogen-bond donors (Lipinski definition) is 0. The molecule has 34 heavy (non-hydrogen) atoms. The fourth-order valence-electron chi connectivity index (χ4n) is 5.63. The highest BCUT2D eigenvalue weighted by molar-refractivity contribution is 6.32. The number of benzene rings is 5. The molecule has 0 bridgehead atoms. The Morgan fingerprint density at radius 1 is 0.529 bits per heavy atom. The van der Waals surface area contributed by atoms with E-state index in [1.165, 1.54) is 0 Å². The molecule has 0 saturated carbocycles.